The summed E-state index contributed by atoms with van der Waals surface area (Å²) in [5.41, 5.74) is 0. The Labute approximate surface area is 155 Å². The number of rotatable bonds is 3. The molecule has 0 N–H and O–H groups in total. The maximum absolute atomic E-state index is 13.0. The van der Waals surface area contributed by atoms with Gasteiger partial charge in [-0.05, 0) is 69.9 Å². The van der Waals surface area contributed by atoms with Crippen molar-refractivity contribution in [2.24, 2.45) is 23.7 Å². The van der Waals surface area contributed by atoms with Crippen LogP contribution < -0.4 is 0 Å². The van der Waals surface area contributed by atoms with Crippen LogP contribution >= 0.6 is 0 Å². The van der Waals surface area contributed by atoms with E-state index in [1.807, 2.05) is 4.90 Å². The average molecular weight is 374 g/mol. The minimum Gasteiger partial charge on any atom is -0.342 e. The molecule has 0 aromatic rings. The van der Waals surface area contributed by atoms with Crippen LogP contribution in [-0.4, -0.2) is 54.6 Å². The number of halogens is 3. The van der Waals surface area contributed by atoms with Gasteiger partial charge in [0.2, 0.25) is 5.91 Å². The molecule has 2 saturated heterocycles. The predicted molar refractivity (Wildman–Crippen MR) is 95.6 cm³/mol. The molecular formula is C20H33F3N2O. The van der Waals surface area contributed by atoms with E-state index in [0.717, 1.165) is 51.5 Å². The first-order valence-corrected chi connectivity index (χ1v) is 10.4. The lowest BCUT2D eigenvalue weighted by molar-refractivity contribution is -0.187. The Morgan fingerprint density at radius 1 is 1.00 bits per heavy atom. The van der Waals surface area contributed by atoms with Crippen LogP contribution in [-0.2, 0) is 4.79 Å². The fraction of sp³-hybridized carbons (Fsp3) is 0.950. The van der Waals surface area contributed by atoms with Crippen molar-refractivity contribution in [3.05, 3.63) is 0 Å². The molecule has 0 radical (unpaired) electrons. The van der Waals surface area contributed by atoms with Crippen molar-refractivity contribution in [1.82, 2.24) is 9.80 Å². The molecule has 1 aliphatic carbocycles. The summed E-state index contributed by atoms with van der Waals surface area (Å²) in [4.78, 5) is 17.2. The lowest BCUT2D eigenvalue weighted by Crippen LogP contribution is -2.47. The van der Waals surface area contributed by atoms with E-state index in [9.17, 15) is 18.0 Å². The largest absolute Gasteiger partial charge is 0.391 e. The highest BCUT2D eigenvalue weighted by molar-refractivity contribution is 5.79. The van der Waals surface area contributed by atoms with E-state index in [0.29, 0.717) is 18.8 Å². The van der Waals surface area contributed by atoms with Gasteiger partial charge in [-0.2, -0.15) is 13.2 Å². The summed E-state index contributed by atoms with van der Waals surface area (Å²) in [6.45, 7) is 7.07. The second-order valence-electron chi connectivity index (χ2n) is 8.88. The minimum absolute atomic E-state index is 0.00644. The third-order valence-corrected chi connectivity index (χ3v) is 6.71. The molecule has 2 heterocycles. The molecule has 2 aliphatic heterocycles. The van der Waals surface area contributed by atoms with Crippen LogP contribution in [0, 0.1) is 23.7 Å². The molecule has 3 nitrogen and oxygen atoms in total. The number of nitrogens with zero attached hydrogens (tertiary/aromatic N) is 2. The highest BCUT2D eigenvalue weighted by atomic mass is 19.4. The quantitative estimate of drug-likeness (QED) is 0.734. The first-order valence-electron chi connectivity index (χ1n) is 10.4. The second kappa shape index (κ2) is 8.49. The second-order valence-corrected chi connectivity index (χ2v) is 8.88. The van der Waals surface area contributed by atoms with Crippen LogP contribution in [0.2, 0.25) is 0 Å². The van der Waals surface area contributed by atoms with Crippen LogP contribution in [0.3, 0.4) is 0 Å². The van der Waals surface area contributed by atoms with Crippen molar-refractivity contribution in [2.45, 2.75) is 64.5 Å². The Morgan fingerprint density at radius 3 is 2.42 bits per heavy atom. The number of likely N-dealkylation sites (tertiary alicyclic amines) is 2. The molecule has 0 spiro atoms. The molecule has 3 rings (SSSR count). The van der Waals surface area contributed by atoms with E-state index < -0.39 is 18.0 Å². The van der Waals surface area contributed by atoms with E-state index in [4.69, 9.17) is 0 Å². The number of carbonyl (C=O) groups excluding carboxylic acids is 1. The SMILES string of the molecule is CC1CCN(C[C@@H]2CCCN(C(=O)[C@H]3CCC[C@@H](C(F)(F)F)C3)C2)CC1. The predicted octanol–water partition coefficient (Wildman–Crippen LogP) is 4.33. The van der Waals surface area contributed by atoms with Crippen LogP contribution in [0.25, 0.3) is 0 Å². The van der Waals surface area contributed by atoms with E-state index in [-0.39, 0.29) is 18.7 Å². The Kier molecular flexibility index (Phi) is 6.52. The van der Waals surface area contributed by atoms with Crippen LogP contribution in [0.15, 0.2) is 0 Å². The molecule has 26 heavy (non-hydrogen) atoms. The lowest BCUT2D eigenvalue weighted by Gasteiger charge is -2.40. The van der Waals surface area contributed by atoms with Gasteiger partial charge in [-0.25, -0.2) is 0 Å². The smallest absolute Gasteiger partial charge is 0.342 e. The lowest BCUT2D eigenvalue weighted by atomic mass is 9.80. The number of carbonyl (C=O) groups is 1. The van der Waals surface area contributed by atoms with Gasteiger partial charge in [0.25, 0.3) is 0 Å². The van der Waals surface area contributed by atoms with Gasteiger partial charge in [0.05, 0.1) is 5.92 Å². The average Bonchev–Trinajstić information content (AvgIpc) is 2.63. The van der Waals surface area contributed by atoms with Gasteiger partial charge >= 0.3 is 6.18 Å². The minimum atomic E-state index is -4.16. The number of piperidine rings is 2. The van der Waals surface area contributed by atoms with Gasteiger partial charge in [0, 0.05) is 25.6 Å². The molecular weight excluding hydrogens is 341 g/mol. The molecule has 3 atom stereocenters. The number of alkyl halides is 3. The molecule has 1 amide bonds. The Bertz CT molecular complexity index is 474. The molecule has 0 bridgehead atoms. The van der Waals surface area contributed by atoms with Gasteiger partial charge in [0.15, 0.2) is 0 Å². The third kappa shape index (κ3) is 5.14. The zero-order valence-electron chi connectivity index (χ0n) is 15.9. The summed E-state index contributed by atoms with van der Waals surface area (Å²) in [5, 5.41) is 0. The number of hydrogen-bond acceptors (Lipinski definition) is 2. The molecule has 150 valence electrons. The third-order valence-electron chi connectivity index (χ3n) is 6.71. The van der Waals surface area contributed by atoms with Crippen molar-refractivity contribution in [3.8, 4) is 0 Å². The van der Waals surface area contributed by atoms with Crippen molar-refractivity contribution in [3.63, 3.8) is 0 Å². The standard InChI is InChI=1S/C20H33F3N2O/c1-15-7-10-24(11-8-15)13-16-4-3-9-25(14-16)19(26)17-5-2-6-18(12-17)20(21,22)23/h15-18H,2-14H2,1H3/t16-,17-,18+/m0/s1. The van der Waals surface area contributed by atoms with Gasteiger partial charge in [0.1, 0.15) is 0 Å². The monoisotopic (exact) mass is 374 g/mol. The zero-order chi connectivity index (χ0) is 18.7. The van der Waals surface area contributed by atoms with Gasteiger partial charge < -0.3 is 9.80 Å². The number of hydrogen-bond donors (Lipinski definition) is 0. The normalized spacial score (nSPS) is 32.6. The summed E-state index contributed by atoms with van der Waals surface area (Å²) in [6.07, 6.45) is 1.76. The molecule has 3 fully saturated rings. The van der Waals surface area contributed by atoms with Crippen molar-refractivity contribution in [2.75, 3.05) is 32.7 Å². The van der Waals surface area contributed by atoms with E-state index in [1.54, 1.807) is 0 Å². The van der Waals surface area contributed by atoms with Gasteiger partial charge in [-0.1, -0.05) is 13.3 Å². The molecule has 3 aliphatic rings. The van der Waals surface area contributed by atoms with Crippen LogP contribution in [0.4, 0.5) is 13.2 Å². The van der Waals surface area contributed by atoms with Crippen molar-refractivity contribution in [1.29, 1.82) is 0 Å². The summed E-state index contributed by atoms with van der Waals surface area (Å²) >= 11 is 0. The molecule has 0 aromatic carbocycles. The van der Waals surface area contributed by atoms with Crippen LogP contribution in [0.1, 0.15) is 58.3 Å². The molecule has 0 unspecified atom stereocenters. The first-order chi connectivity index (χ1) is 12.3. The van der Waals surface area contributed by atoms with E-state index >= 15 is 0 Å². The molecule has 1 saturated carbocycles. The summed E-state index contributed by atoms with van der Waals surface area (Å²) in [7, 11) is 0. The summed E-state index contributed by atoms with van der Waals surface area (Å²) < 4.78 is 39.1. The Morgan fingerprint density at radius 2 is 1.73 bits per heavy atom. The topological polar surface area (TPSA) is 23.6 Å². The van der Waals surface area contributed by atoms with Crippen molar-refractivity contribution < 1.29 is 18.0 Å². The van der Waals surface area contributed by atoms with E-state index in [1.165, 1.54) is 12.8 Å². The Hall–Kier alpha value is -0.780. The first kappa shape index (κ1) is 20.0. The number of amides is 1. The van der Waals surface area contributed by atoms with Gasteiger partial charge in [-0.15, -0.1) is 0 Å². The summed E-state index contributed by atoms with van der Waals surface area (Å²) in [6, 6.07) is 0. The fourth-order valence-electron chi connectivity index (χ4n) is 4.99. The van der Waals surface area contributed by atoms with Gasteiger partial charge in [-0.3, -0.25) is 4.79 Å². The zero-order valence-corrected chi connectivity index (χ0v) is 15.9. The maximum atomic E-state index is 13.0. The fourth-order valence-corrected chi connectivity index (χ4v) is 4.99. The van der Waals surface area contributed by atoms with Crippen LogP contribution in [0.5, 0.6) is 0 Å². The Balaban J connectivity index is 1.51. The molecule has 0 aromatic heterocycles. The highest BCUT2D eigenvalue weighted by Crippen LogP contribution is 2.40. The van der Waals surface area contributed by atoms with E-state index in [2.05, 4.69) is 11.8 Å². The van der Waals surface area contributed by atoms with Crippen molar-refractivity contribution >= 4 is 5.91 Å². The summed E-state index contributed by atoms with van der Waals surface area (Å²) in [5.74, 6) is -0.450. The molecule has 6 heteroatoms. The maximum Gasteiger partial charge on any atom is 0.391 e. The highest BCUT2D eigenvalue weighted by Gasteiger charge is 2.44.